The summed E-state index contributed by atoms with van der Waals surface area (Å²) in [6.45, 7) is 4.64. The second-order valence-corrected chi connectivity index (χ2v) is 8.70. The smallest absolute Gasteiger partial charge is 0.337 e. The van der Waals surface area contributed by atoms with E-state index in [1.807, 2.05) is 44.2 Å². The summed E-state index contributed by atoms with van der Waals surface area (Å²) in [5.74, 6) is -0.164. The highest BCUT2D eigenvalue weighted by Crippen LogP contribution is 2.32. The number of nitrogens with one attached hydrogen (secondary N) is 3. The van der Waals surface area contributed by atoms with Crippen LogP contribution in [-0.4, -0.2) is 41.5 Å². The third-order valence-electron chi connectivity index (χ3n) is 5.52. The highest BCUT2D eigenvalue weighted by atomic mass is 16.5. The number of rotatable bonds is 7. The molecule has 4 aromatic rings. The Labute approximate surface area is 209 Å². The standard InChI is InChI=1S/C28H28N4O4/c1-17(2)16-29-28(35)31-21-12-10-20(11-13-21)30-25(18-7-5-4-6-8-18)24-22-14-9-19(27(34)36-3)15-23(22)32-26(24)33/h4-15,17,32-33H,16H2,1-3H3,(H2,29,31,35). The summed E-state index contributed by atoms with van der Waals surface area (Å²) < 4.78 is 4.81. The largest absolute Gasteiger partial charge is 0.494 e. The lowest BCUT2D eigenvalue weighted by atomic mass is 10.00. The maximum absolute atomic E-state index is 12.1. The van der Waals surface area contributed by atoms with Crippen LogP contribution < -0.4 is 10.6 Å². The molecule has 0 unspecified atom stereocenters. The number of aromatic nitrogens is 1. The van der Waals surface area contributed by atoms with Crippen LogP contribution in [-0.2, 0) is 4.74 Å². The van der Waals surface area contributed by atoms with Gasteiger partial charge in [-0.2, -0.15) is 0 Å². The molecule has 0 fully saturated rings. The van der Waals surface area contributed by atoms with Gasteiger partial charge in [-0.1, -0.05) is 50.2 Å². The molecule has 4 N–H and O–H groups in total. The van der Waals surface area contributed by atoms with Crippen LogP contribution in [0.4, 0.5) is 16.2 Å². The molecule has 0 spiro atoms. The van der Waals surface area contributed by atoms with E-state index in [-0.39, 0.29) is 11.9 Å². The van der Waals surface area contributed by atoms with E-state index in [0.717, 1.165) is 5.56 Å². The van der Waals surface area contributed by atoms with Crippen molar-refractivity contribution in [3.05, 3.63) is 89.5 Å². The Morgan fingerprint density at radius 3 is 2.39 bits per heavy atom. The number of carbonyl (C=O) groups excluding carboxylic acids is 2. The first-order valence-electron chi connectivity index (χ1n) is 11.6. The SMILES string of the molecule is COC(=O)c1ccc2c(C(=Nc3ccc(NC(=O)NCC(C)C)cc3)c3ccccc3)c(O)[nH]c2c1. The van der Waals surface area contributed by atoms with Crippen molar-refractivity contribution in [3.8, 4) is 5.88 Å². The van der Waals surface area contributed by atoms with Gasteiger partial charge in [0, 0.05) is 28.7 Å². The zero-order valence-corrected chi connectivity index (χ0v) is 20.3. The fourth-order valence-electron chi connectivity index (χ4n) is 3.75. The van der Waals surface area contributed by atoms with E-state index >= 15 is 0 Å². The van der Waals surface area contributed by atoms with Gasteiger partial charge in [0.1, 0.15) is 0 Å². The molecule has 0 atom stereocenters. The number of aromatic hydroxyl groups is 1. The summed E-state index contributed by atoms with van der Waals surface area (Å²) in [6.07, 6.45) is 0. The Balaban J connectivity index is 1.71. The molecule has 4 rings (SSSR count). The number of amides is 2. The minimum atomic E-state index is -0.462. The lowest BCUT2D eigenvalue weighted by molar-refractivity contribution is 0.0601. The van der Waals surface area contributed by atoms with Gasteiger partial charge >= 0.3 is 12.0 Å². The second-order valence-electron chi connectivity index (χ2n) is 8.70. The summed E-state index contributed by atoms with van der Waals surface area (Å²) in [5.41, 5.74) is 4.12. The highest BCUT2D eigenvalue weighted by molar-refractivity contribution is 6.22. The van der Waals surface area contributed by atoms with Crippen molar-refractivity contribution < 1.29 is 19.4 Å². The molecule has 0 bridgehead atoms. The van der Waals surface area contributed by atoms with E-state index in [1.54, 1.807) is 42.5 Å². The highest BCUT2D eigenvalue weighted by Gasteiger charge is 2.20. The van der Waals surface area contributed by atoms with Gasteiger partial charge in [0.2, 0.25) is 0 Å². The van der Waals surface area contributed by atoms with Gasteiger partial charge < -0.3 is 25.5 Å². The summed E-state index contributed by atoms with van der Waals surface area (Å²) in [5, 5.41) is 17.2. The molecule has 36 heavy (non-hydrogen) atoms. The third-order valence-corrected chi connectivity index (χ3v) is 5.52. The van der Waals surface area contributed by atoms with Gasteiger partial charge in [-0.3, -0.25) is 0 Å². The molecule has 1 aromatic heterocycles. The Morgan fingerprint density at radius 1 is 1.00 bits per heavy atom. The quantitative estimate of drug-likeness (QED) is 0.202. The molecule has 2 amide bonds. The molecule has 0 saturated heterocycles. The van der Waals surface area contributed by atoms with E-state index < -0.39 is 5.97 Å². The Morgan fingerprint density at radius 2 is 1.72 bits per heavy atom. The number of carbonyl (C=O) groups is 2. The van der Waals surface area contributed by atoms with Crippen molar-refractivity contribution in [2.24, 2.45) is 10.9 Å². The number of esters is 1. The molecular formula is C28H28N4O4. The van der Waals surface area contributed by atoms with Gasteiger partial charge in [0.15, 0.2) is 5.88 Å². The molecule has 0 saturated carbocycles. The lowest BCUT2D eigenvalue weighted by Gasteiger charge is -2.10. The van der Waals surface area contributed by atoms with E-state index in [9.17, 15) is 14.7 Å². The first-order valence-corrected chi connectivity index (χ1v) is 11.6. The van der Waals surface area contributed by atoms with Crippen molar-refractivity contribution in [2.75, 3.05) is 19.0 Å². The summed E-state index contributed by atoms with van der Waals surface area (Å²) in [7, 11) is 1.32. The number of nitrogens with zero attached hydrogens (tertiary/aromatic N) is 1. The van der Waals surface area contributed by atoms with E-state index in [4.69, 9.17) is 9.73 Å². The minimum absolute atomic E-state index is 0.0604. The zero-order valence-electron chi connectivity index (χ0n) is 20.3. The number of methoxy groups -OCH3 is 1. The summed E-state index contributed by atoms with van der Waals surface area (Å²) in [6, 6.07) is 21.4. The van der Waals surface area contributed by atoms with Crippen LogP contribution in [0.3, 0.4) is 0 Å². The number of H-pyrrole nitrogens is 1. The van der Waals surface area contributed by atoms with Crippen LogP contribution in [0, 0.1) is 5.92 Å². The molecule has 0 aliphatic rings. The lowest BCUT2D eigenvalue weighted by Crippen LogP contribution is -2.31. The monoisotopic (exact) mass is 484 g/mol. The van der Waals surface area contributed by atoms with Gasteiger partial charge in [-0.05, 0) is 42.3 Å². The van der Waals surface area contributed by atoms with Crippen molar-refractivity contribution in [2.45, 2.75) is 13.8 Å². The number of aliphatic imine (C=N–C) groups is 1. The minimum Gasteiger partial charge on any atom is -0.494 e. The van der Waals surface area contributed by atoms with Crippen molar-refractivity contribution in [1.29, 1.82) is 0 Å². The van der Waals surface area contributed by atoms with Crippen molar-refractivity contribution >= 4 is 40.0 Å². The van der Waals surface area contributed by atoms with Crippen LogP contribution >= 0.6 is 0 Å². The molecule has 0 aliphatic heterocycles. The Hall–Kier alpha value is -4.59. The maximum Gasteiger partial charge on any atom is 0.337 e. The van der Waals surface area contributed by atoms with Crippen molar-refractivity contribution in [3.63, 3.8) is 0 Å². The van der Waals surface area contributed by atoms with Gasteiger partial charge in [-0.25, -0.2) is 14.6 Å². The van der Waals surface area contributed by atoms with Crippen LogP contribution in [0.25, 0.3) is 10.9 Å². The number of anilines is 1. The van der Waals surface area contributed by atoms with Crippen LogP contribution in [0.1, 0.15) is 35.3 Å². The number of fused-ring (bicyclic) bond motifs is 1. The first kappa shape index (κ1) is 24.5. The predicted molar refractivity (Wildman–Crippen MR) is 141 cm³/mol. The third kappa shape index (κ3) is 5.55. The van der Waals surface area contributed by atoms with Gasteiger partial charge in [-0.15, -0.1) is 0 Å². The van der Waals surface area contributed by atoms with E-state index in [1.165, 1.54) is 7.11 Å². The number of hydrogen-bond acceptors (Lipinski definition) is 5. The van der Waals surface area contributed by atoms with Crippen LogP contribution in [0.5, 0.6) is 5.88 Å². The molecule has 8 heteroatoms. The van der Waals surface area contributed by atoms with Gasteiger partial charge in [0.05, 0.1) is 29.6 Å². The summed E-state index contributed by atoms with van der Waals surface area (Å²) >= 11 is 0. The van der Waals surface area contributed by atoms with Crippen LogP contribution in [0.15, 0.2) is 77.8 Å². The summed E-state index contributed by atoms with van der Waals surface area (Å²) in [4.78, 5) is 31.8. The predicted octanol–water partition coefficient (Wildman–Crippen LogP) is 5.61. The molecular weight excluding hydrogens is 456 g/mol. The number of urea groups is 1. The van der Waals surface area contributed by atoms with E-state index in [0.29, 0.717) is 51.6 Å². The zero-order chi connectivity index (χ0) is 25.7. The normalized spacial score (nSPS) is 11.5. The van der Waals surface area contributed by atoms with Gasteiger partial charge in [0.25, 0.3) is 0 Å². The molecule has 1 heterocycles. The Kier molecular flexibility index (Phi) is 7.34. The fraction of sp³-hybridized carbons (Fsp3) is 0.179. The molecule has 184 valence electrons. The average Bonchev–Trinajstić information content (AvgIpc) is 3.21. The number of benzene rings is 3. The topological polar surface area (TPSA) is 116 Å². The molecule has 0 aliphatic carbocycles. The maximum atomic E-state index is 12.1. The van der Waals surface area contributed by atoms with E-state index in [2.05, 4.69) is 15.6 Å². The number of ether oxygens (including phenoxy) is 1. The average molecular weight is 485 g/mol. The molecule has 0 radical (unpaired) electrons. The first-order chi connectivity index (χ1) is 17.4. The molecule has 3 aromatic carbocycles. The number of aromatic amines is 1. The molecule has 8 nitrogen and oxygen atoms in total. The van der Waals surface area contributed by atoms with Crippen molar-refractivity contribution in [1.82, 2.24) is 10.3 Å². The van der Waals surface area contributed by atoms with Crippen LogP contribution in [0.2, 0.25) is 0 Å². The Bertz CT molecular complexity index is 1410. The fourth-order valence-corrected chi connectivity index (χ4v) is 3.75. The number of hydrogen-bond donors (Lipinski definition) is 4. The second kappa shape index (κ2) is 10.8.